The Morgan fingerprint density at radius 3 is 2.43 bits per heavy atom. The van der Waals surface area contributed by atoms with E-state index in [4.69, 9.17) is 5.11 Å². The summed E-state index contributed by atoms with van der Waals surface area (Å²) in [6, 6.07) is 14.9. The van der Waals surface area contributed by atoms with Gasteiger partial charge in [0.1, 0.15) is 5.82 Å². The molecule has 0 fully saturated rings. The maximum atomic E-state index is 12.9. The average Bonchev–Trinajstić information content (AvgIpc) is 2.56. The zero-order chi connectivity index (χ0) is 16.7. The molecule has 23 heavy (non-hydrogen) atoms. The first-order valence-corrected chi connectivity index (χ1v) is 7.58. The van der Waals surface area contributed by atoms with Crippen molar-refractivity contribution in [2.45, 2.75) is 25.9 Å². The topological polar surface area (TPSA) is 52.6 Å². The highest BCUT2D eigenvalue weighted by molar-refractivity contribution is 5.89. The molecule has 1 unspecified atom stereocenters. The quantitative estimate of drug-likeness (QED) is 0.855. The number of rotatable bonds is 6. The van der Waals surface area contributed by atoms with E-state index in [1.54, 1.807) is 4.90 Å². The first kappa shape index (κ1) is 17.0. The number of hydrogen-bond acceptors (Lipinski definition) is 2. The van der Waals surface area contributed by atoms with Gasteiger partial charge in [-0.1, -0.05) is 30.3 Å². The third-order valence-corrected chi connectivity index (χ3v) is 3.63. The first-order chi connectivity index (χ1) is 11.1. The summed E-state index contributed by atoms with van der Waals surface area (Å²) in [5.41, 5.74) is 1.54. The van der Waals surface area contributed by atoms with Crippen LogP contribution in [0.5, 0.6) is 0 Å². The lowest BCUT2D eigenvalue weighted by atomic mass is 10.1. The number of urea groups is 1. The highest BCUT2D eigenvalue weighted by atomic mass is 19.1. The van der Waals surface area contributed by atoms with Crippen LogP contribution in [0.25, 0.3) is 0 Å². The molecular weight excluding hydrogens is 295 g/mol. The summed E-state index contributed by atoms with van der Waals surface area (Å²) in [6.45, 7) is 2.34. The van der Waals surface area contributed by atoms with Crippen LogP contribution in [0.1, 0.15) is 18.9 Å². The summed E-state index contributed by atoms with van der Waals surface area (Å²) in [5.74, 6) is -0.349. The van der Waals surface area contributed by atoms with Gasteiger partial charge in [-0.15, -0.1) is 0 Å². The molecule has 2 aromatic carbocycles. The third kappa shape index (κ3) is 5.07. The van der Waals surface area contributed by atoms with Gasteiger partial charge in [-0.05, 0) is 43.2 Å². The van der Waals surface area contributed by atoms with Crippen molar-refractivity contribution in [2.24, 2.45) is 0 Å². The minimum absolute atomic E-state index is 0.0102. The van der Waals surface area contributed by atoms with Gasteiger partial charge < -0.3 is 15.3 Å². The lowest BCUT2D eigenvalue weighted by molar-refractivity contribution is 0.169. The fraction of sp³-hybridized carbons (Fsp3) is 0.278. The standard InChI is InChI=1S/C18H21FN2O2/c1-14(11-12-22)21(13-15-5-3-2-4-6-15)18(23)20-17-9-7-16(19)8-10-17/h2-10,14,22H,11-13H2,1H3,(H,20,23). The van der Waals surface area contributed by atoms with Crippen molar-refractivity contribution in [1.82, 2.24) is 4.90 Å². The Hall–Kier alpha value is -2.40. The van der Waals surface area contributed by atoms with Gasteiger partial charge >= 0.3 is 6.03 Å². The van der Waals surface area contributed by atoms with Crippen LogP contribution in [0.2, 0.25) is 0 Å². The monoisotopic (exact) mass is 316 g/mol. The highest BCUT2D eigenvalue weighted by Crippen LogP contribution is 2.15. The Balaban J connectivity index is 2.11. The lowest BCUT2D eigenvalue weighted by Crippen LogP contribution is -2.41. The van der Waals surface area contributed by atoms with Crippen LogP contribution in [0, 0.1) is 5.82 Å². The molecule has 5 heteroatoms. The molecule has 0 heterocycles. The number of aliphatic hydroxyl groups is 1. The molecule has 2 aromatic rings. The molecule has 2 rings (SSSR count). The molecule has 0 aliphatic heterocycles. The second-order valence-electron chi connectivity index (χ2n) is 5.41. The van der Waals surface area contributed by atoms with Gasteiger partial charge in [0.2, 0.25) is 0 Å². The van der Waals surface area contributed by atoms with E-state index in [1.807, 2.05) is 37.3 Å². The molecular formula is C18H21FN2O2. The Kier molecular flexibility index (Phi) is 6.11. The number of hydrogen-bond donors (Lipinski definition) is 2. The number of benzene rings is 2. The van der Waals surface area contributed by atoms with Crippen LogP contribution >= 0.6 is 0 Å². The lowest BCUT2D eigenvalue weighted by Gasteiger charge is -2.29. The van der Waals surface area contributed by atoms with E-state index in [2.05, 4.69) is 5.32 Å². The molecule has 0 aliphatic carbocycles. The van der Waals surface area contributed by atoms with Crippen LogP contribution in [0.15, 0.2) is 54.6 Å². The summed E-state index contributed by atoms with van der Waals surface area (Å²) >= 11 is 0. The van der Waals surface area contributed by atoms with Gasteiger partial charge in [0.15, 0.2) is 0 Å². The van der Waals surface area contributed by atoms with Crippen molar-refractivity contribution in [3.05, 3.63) is 66.0 Å². The predicted molar refractivity (Wildman–Crippen MR) is 88.6 cm³/mol. The van der Waals surface area contributed by atoms with Crippen LogP contribution in [-0.4, -0.2) is 28.7 Å². The number of nitrogens with one attached hydrogen (secondary N) is 1. The highest BCUT2D eigenvalue weighted by Gasteiger charge is 2.20. The van der Waals surface area contributed by atoms with Gasteiger partial charge in [0.25, 0.3) is 0 Å². The minimum atomic E-state index is -0.349. The molecule has 2 amide bonds. The van der Waals surface area contributed by atoms with Crippen LogP contribution < -0.4 is 5.32 Å². The van der Waals surface area contributed by atoms with E-state index in [-0.39, 0.29) is 24.5 Å². The first-order valence-electron chi connectivity index (χ1n) is 7.58. The van der Waals surface area contributed by atoms with Crippen LogP contribution in [0.4, 0.5) is 14.9 Å². The number of aliphatic hydroxyl groups excluding tert-OH is 1. The van der Waals surface area contributed by atoms with Gasteiger partial charge in [0.05, 0.1) is 0 Å². The molecule has 0 radical (unpaired) electrons. The van der Waals surface area contributed by atoms with Gasteiger partial charge in [-0.3, -0.25) is 0 Å². The number of carbonyl (C=O) groups excluding carboxylic acids is 1. The minimum Gasteiger partial charge on any atom is -0.396 e. The van der Waals surface area contributed by atoms with Crippen molar-refractivity contribution in [3.63, 3.8) is 0 Å². The fourth-order valence-corrected chi connectivity index (χ4v) is 2.28. The third-order valence-electron chi connectivity index (χ3n) is 3.63. The normalized spacial score (nSPS) is 11.8. The maximum Gasteiger partial charge on any atom is 0.322 e. The van der Waals surface area contributed by atoms with Gasteiger partial charge in [-0.2, -0.15) is 0 Å². The van der Waals surface area contributed by atoms with Crippen molar-refractivity contribution in [3.8, 4) is 0 Å². The SMILES string of the molecule is CC(CCO)N(Cc1ccccc1)C(=O)Nc1ccc(F)cc1. The van der Waals surface area contributed by atoms with E-state index >= 15 is 0 Å². The van der Waals surface area contributed by atoms with Crippen LogP contribution in [-0.2, 0) is 6.54 Å². The molecule has 0 saturated carbocycles. The molecule has 0 spiro atoms. The molecule has 0 bridgehead atoms. The van der Waals surface area contributed by atoms with E-state index < -0.39 is 0 Å². The summed E-state index contributed by atoms with van der Waals surface area (Å²) in [4.78, 5) is 14.2. The Bertz CT molecular complexity index is 617. The number of carbonyl (C=O) groups is 1. The number of anilines is 1. The molecule has 2 N–H and O–H groups in total. The second kappa shape index (κ2) is 8.29. The maximum absolute atomic E-state index is 12.9. The molecule has 4 nitrogen and oxygen atoms in total. The molecule has 122 valence electrons. The summed E-state index contributed by atoms with van der Waals surface area (Å²) < 4.78 is 12.9. The number of amides is 2. The molecule has 0 aliphatic rings. The van der Waals surface area contributed by atoms with Crippen molar-refractivity contribution >= 4 is 11.7 Å². The number of nitrogens with zero attached hydrogens (tertiary/aromatic N) is 1. The largest absolute Gasteiger partial charge is 0.396 e. The number of halogens is 1. The second-order valence-corrected chi connectivity index (χ2v) is 5.41. The Morgan fingerprint density at radius 2 is 1.83 bits per heavy atom. The zero-order valence-electron chi connectivity index (χ0n) is 13.1. The average molecular weight is 316 g/mol. The molecule has 1 atom stereocenters. The summed E-state index contributed by atoms with van der Waals surface area (Å²) in [5, 5.41) is 11.9. The van der Waals surface area contributed by atoms with Crippen LogP contribution in [0.3, 0.4) is 0 Å². The fourth-order valence-electron chi connectivity index (χ4n) is 2.28. The zero-order valence-corrected chi connectivity index (χ0v) is 13.1. The predicted octanol–water partition coefficient (Wildman–Crippen LogP) is 3.63. The smallest absolute Gasteiger partial charge is 0.322 e. The molecule has 0 saturated heterocycles. The Morgan fingerprint density at radius 1 is 1.17 bits per heavy atom. The van der Waals surface area contributed by atoms with Crippen molar-refractivity contribution in [1.29, 1.82) is 0 Å². The van der Waals surface area contributed by atoms with Gasteiger partial charge in [-0.25, -0.2) is 9.18 Å². The van der Waals surface area contributed by atoms with E-state index in [1.165, 1.54) is 24.3 Å². The van der Waals surface area contributed by atoms with Gasteiger partial charge in [0, 0.05) is 24.9 Å². The summed E-state index contributed by atoms with van der Waals surface area (Å²) in [7, 11) is 0. The van der Waals surface area contributed by atoms with E-state index in [0.29, 0.717) is 18.7 Å². The molecule has 0 aromatic heterocycles. The van der Waals surface area contributed by atoms with E-state index in [9.17, 15) is 9.18 Å². The van der Waals surface area contributed by atoms with E-state index in [0.717, 1.165) is 5.56 Å². The van der Waals surface area contributed by atoms with Crippen molar-refractivity contribution < 1.29 is 14.3 Å². The van der Waals surface area contributed by atoms with Crippen molar-refractivity contribution in [2.75, 3.05) is 11.9 Å². The summed E-state index contributed by atoms with van der Waals surface area (Å²) in [6.07, 6.45) is 0.490. The Labute approximate surface area is 135 Å².